The first-order valence-electron chi connectivity index (χ1n) is 6.73. The van der Waals surface area contributed by atoms with Crippen LogP contribution in [0.4, 0.5) is 17.6 Å². The number of Topliss-reactive ketones (excluding diaryl/α,β-unsaturated/α-hetero) is 1. The van der Waals surface area contributed by atoms with Crippen molar-refractivity contribution < 1.29 is 22.4 Å². The maximum atomic E-state index is 13.0. The fourth-order valence-corrected chi connectivity index (χ4v) is 2.19. The average Bonchev–Trinajstić information content (AvgIpc) is 2.44. The Labute approximate surface area is 125 Å². The SMILES string of the molecule is Cc1cc(F)ccc1C(=O)CCc1ccc(C(F)(F)F)cc1. The number of aryl methyl sites for hydroxylation is 2. The van der Waals surface area contributed by atoms with E-state index in [2.05, 4.69) is 0 Å². The molecule has 0 radical (unpaired) electrons. The highest BCUT2D eigenvalue weighted by Gasteiger charge is 2.29. The van der Waals surface area contributed by atoms with E-state index in [1.807, 2.05) is 0 Å². The Balaban J connectivity index is 2.02. The quantitative estimate of drug-likeness (QED) is 0.575. The van der Waals surface area contributed by atoms with Crippen molar-refractivity contribution in [2.75, 3.05) is 0 Å². The van der Waals surface area contributed by atoms with Gasteiger partial charge in [0.25, 0.3) is 0 Å². The normalized spacial score (nSPS) is 11.5. The predicted octanol–water partition coefficient (Wildman–Crippen LogP) is 4.97. The van der Waals surface area contributed by atoms with E-state index < -0.39 is 17.6 Å². The van der Waals surface area contributed by atoms with Crippen LogP contribution >= 0.6 is 0 Å². The molecule has 0 aliphatic heterocycles. The summed E-state index contributed by atoms with van der Waals surface area (Å²) in [6, 6.07) is 8.68. The minimum absolute atomic E-state index is 0.155. The maximum Gasteiger partial charge on any atom is 0.416 e. The third-order valence-corrected chi connectivity index (χ3v) is 3.41. The van der Waals surface area contributed by atoms with E-state index in [4.69, 9.17) is 0 Å². The Morgan fingerprint density at radius 2 is 1.68 bits per heavy atom. The maximum absolute atomic E-state index is 13.0. The third kappa shape index (κ3) is 3.93. The molecule has 0 bridgehead atoms. The van der Waals surface area contributed by atoms with Gasteiger partial charge in [0.05, 0.1) is 5.56 Å². The Kier molecular flexibility index (Phi) is 4.64. The summed E-state index contributed by atoms with van der Waals surface area (Å²) in [6.07, 6.45) is -3.86. The lowest BCUT2D eigenvalue weighted by molar-refractivity contribution is -0.137. The van der Waals surface area contributed by atoms with Gasteiger partial charge in [-0.05, 0) is 54.8 Å². The standard InChI is InChI=1S/C17H14F4O/c1-11-10-14(18)7-8-15(11)16(22)9-4-12-2-5-13(6-3-12)17(19,20)21/h2-3,5-8,10H,4,9H2,1H3. The van der Waals surface area contributed by atoms with Gasteiger partial charge in [-0.2, -0.15) is 13.2 Å². The number of hydrogen-bond acceptors (Lipinski definition) is 1. The van der Waals surface area contributed by atoms with Crippen molar-refractivity contribution in [1.29, 1.82) is 0 Å². The lowest BCUT2D eigenvalue weighted by atomic mass is 9.99. The van der Waals surface area contributed by atoms with Gasteiger partial charge in [0.2, 0.25) is 0 Å². The van der Waals surface area contributed by atoms with E-state index in [1.165, 1.54) is 30.3 Å². The molecule has 0 saturated heterocycles. The zero-order valence-electron chi connectivity index (χ0n) is 11.9. The predicted molar refractivity (Wildman–Crippen MR) is 75.2 cm³/mol. The van der Waals surface area contributed by atoms with Crippen LogP contribution in [0.3, 0.4) is 0 Å². The van der Waals surface area contributed by atoms with E-state index in [1.54, 1.807) is 6.92 Å². The molecule has 116 valence electrons. The van der Waals surface area contributed by atoms with Crippen LogP contribution in [0.2, 0.25) is 0 Å². The van der Waals surface area contributed by atoms with Gasteiger partial charge >= 0.3 is 6.18 Å². The Bertz CT molecular complexity index is 672. The van der Waals surface area contributed by atoms with Gasteiger partial charge in [-0.15, -0.1) is 0 Å². The first kappa shape index (κ1) is 16.2. The molecule has 0 spiro atoms. The van der Waals surface area contributed by atoms with Gasteiger partial charge in [0.1, 0.15) is 5.82 Å². The number of hydrogen-bond donors (Lipinski definition) is 0. The van der Waals surface area contributed by atoms with Crippen LogP contribution in [-0.2, 0) is 12.6 Å². The second kappa shape index (κ2) is 6.30. The van der Waals surface area contributed by atoms with Crippen LogP contribution in [0, 0.1) is 12.7 Å². The summed E-state index contributed by atoms with van der Waals surface area (Å²) in [5.41, 5.74) is 0.934. The molecule has 5 heteroatoms. The number of alkyl halides is 3. The van der Waals surface area contributed by atoms with Crippen molar-refractivity contribution in [3.05, 3.63) is 70.5 Å². The summed E-state index contributed by atoms with van der Waals surface area (Å²) in [7, 11) is 0. The van der Waals surface area contributed by atoms with Crippen LogP contribution in [-0.4, -0.2) is 5.78 Å². The van der Waals surface area contributed by atoms with Crippen molar-refractivity contribution in [2.24, 2.45) is 0 Å². The van der Waals surface area contributed by atoms with E-state index in [0.29, 0.717) is 23.1 Å². The van der Waals surface area contributed by atoms with Crippen LogP contribution < -0.4 is 0 Å². The molecule has 0 unspecified atom stereocenters. The fourth-order valence-electron chi connectivity index (χ4n) is 2.19. The lowest BCUT2D eigenvalue weighted by Gasteiger charge is -2.08. The van der Waals surface area contributed by atoms with Crippen molar-refractivity contribution in [1.82, 2.24) is 0 Å². The minimum atomic E-state index is -4.36. The highest BCUT2D eigenvalue weighted by atomic mass is 19.4. The van der Waals surface area contributed by atoms with E-state index in [0.717, 1.165) is 12.1 Å². The molecule has 0 saturated carbocycles. The Morgan fingerprint density at radius 1 is 1.05 bits per heavy atom. The molecule has 1 nitrogen and oxygen atoms in total. The molecule has 0 heterocycles. The van der Waals surface area contributed by atoms with Crippen molar-refractivity contribution >= 4 is 5.78 Å². The monoisotopic (exact) mass is 310 g/mol. The molecule has 0 aliphatic rings. The van der Waals surface area contributed by atoms with Gasteiger partial charge in [0.15, 0.2) is 5.78 Å². The summed E-state index contributed by atoms with van der Waals surface area (Å²) >= 11 is 0. The zero-order chi connectivity index (χ0) is 16.3. The summed E-state index contributed by atoms with van der Waals surface area (Å²) < 4.78 is 50.3. The summed E-state index contributed by atoms with van der Waals surface area (Å²) in [6.45, 7) is 1.65. The van der Waals surface area contributed by atoms with Gasteiger partial charge in [0, 0.05) is 12.0 Å². The van der Waals surface area contributed by atoms with Crippen LogP contribution in [0.15, 0.2) is 42.5 Å². The molecule has 0 fully saturated rings. The van der Waals surface area contributed by atoms with Crippen molar-refractivity contribution in [3.63, 3.8) is 0 Å². The second-order valence-corrected chi connectivity index (χ2v) is 5.08. The summed E-state index contributed by atoms with van der Waals surface area (Å²) in [5.74, 6) is -0.561. The van der Waals surface area contributed by atoms with E-state index in [9.17, 15) is 22.4 Å². The van der Waals surface area contributed by atoms with Crippen LogP contribution in [0.5, 0.6) is 0 Å². The topological polar surface area (TPSA) is 17.1 Å². The number of ketones is 1. The van der Waals surface area contributed by atoms with Crippen molar-refractivity contribution in [2.45, 2.75) is 25.9 Å². The molecule has 0 N–H and O–H groups in total. The van der Waals surface area contributed by atoms with Gasteiger partial charge in [-0.1, -0.05) is 12.1 Å². The molecule has 0 aliphatic carbocycles. The molecule has 22 heavy (non-hydrogen) atoms. The molecule has 0 amide bonds. The Morgan fingerprint density at radius 3 is 2.23 bits per heavy atom. The molecule has 2 aromatic rings. The molecular weight excluding hydrogens is 296 g/mol. The average molecular weight is 310 g/mol. The van der Waals surface area contributed by atoms with Gasteiger partial charge in [-0.3, -0.25) is 4.79 Å². The number of rotatable bonds is 4. The summed E-state index contributed by atoms with van der Waals surface area (Å²) in [4.78, 5) is 12.1. The third-order valence-electron chi connectivity index (χ3n) is 3.41. The number of benzene rings is 2. The van der Waals surface area contributed by atoms with E-state index >= 15 is 0 Å². The number of carbonyl (C=O) groups excluding carboxylic acids is 1. The highest BCUT2D eigenvalue weighted by molar-refractivity contribution is 5.97. The first-order valence-corrected chi connectivity index (χ1v) is 6.73. The molecule has 2 rings (SSSR count). The number of halogens is 4. The van der Waals surface area contributed by atoms with Gasteiger partial charge < -0.3 is 0 Å². The van der Waals surface area contributed by atoms with Crippen LogP contribution in [0.25, 0.3) is 0 Å². The Hall–Kier alpha value is -2.17. The minimum Gasteiger partial charge on any atom is -0.294 e. The molecule has 0 atom stereocenters. The number of carbonyl (C=O) groups is 1. The highest BCUT2D eigenvalue weighted by Crippen LogP contribution is 2.29. The zero-order valence-corrected chi connectivity index (χ0v) is 11.9. The first-order chi connectivity index (χ1) is 10.3. The molecule has 0 aromatic heterocycles. The van der Waals surface area contributed by atoms with Crippen molar-refractivity contribution in [3.8, 4) is 0 Å². The largest absolute Gasteiger partial charge is 0.416 e. The second-order valence-electron chi connectivity index (χ2n) is 5.08. The van der Waals surface area contributed by atoms with E-state index in [-0.39, 0.29) is 12.2 Å². The molecular formula is C17H14F4O. The molecule has 2 aromatic carbocycles. The summed E-state index contributed by atoms with van der Waals surface area (Å²) in [5, 5.41) is 0. The van der Waals surface area contributed by atoms with Crippen LogP contribution in [0.1, 0.15) is 33.5 Å². The smallest absolute Gasteiger partial charge is 0.294 e. The lowest BCUT2D eigenvalue weighted by Crippen LogP contribution is -2.06. The fraction of sp³-hybridized carbons (Fsp3) is 0.235. The van der Waals surface area contributed by atoms with Gasteiger partial charge in [-0.25, -0.2) is 4.39 Å².